The fourth-order valence-electron chi connectivity index (χ4n) is 2.97. The number of hydrogen-bond donors (Lipinski definition) is 1. The van der Waals surface area contributed by atoms with Crippen LogP contribution in [0.2, 0.25) is 0 Å². The van der Waals surface area contributed by atoms with Crippen LogP contribution in [0.15, 0.2) is 0 Å². The highest BCUT2D eigenvalue weighted by Crippen LogP contribution is 2.28. The number of fused-ring (bicyclic) bond motifs is 1. The summed E-state index contributed by atoms with van der Waals surface area (Å²) in [6.07, 6.45) is 6.85. The summed E-state index contributed by atoms with van der Waals surface area (Å²) >= 11 is 0. The van der Waals surface area contributed by atoms with Crippen LogP contribution >= 0.6 is 0 Å². The molecule has 2 saturated heterocycles. The van der Waals surface area contributed by atoms with Gasteiger partial charge in [0.25, 0.3) is 0 Å². The molecule has 5 heteroatoms. The van der Waals surface area contributed by atoms with E-state index in [1.54, 1.807) is 6.26 Å². The van der Waals surface area contributed by atoms with Crippen LogP contribution in [0.25, 0.3) is 0 Å². The van der Waals surface area contributed by atoms with Crippen LogP contribution in [0.4, 0.5) is 0 Å². The van der Waals surface area contributed by atoms with Gasteiger partial charge in [0.15, 0.2) is 0 Å². The Hall–Kier alpha value is -0.420. The van der Waals surface area contributed by atoms with Crippen LogP contribution in [-0.4, -0.2) is 51.7 Å². The first-order chi connectivity index (χ1) is 8.59. The summed E-state index contributed by atoms with van der Waals surface area (Å²) < 4.78 is 11.3. The molecule has 2 fully saturated rings. The second-order valence-corrected chi connectivity index (χ2v) is 7.31. The molecule has 0 spiro atoms. The molecule has 0 radical (unpaired) electrons. The summed E-state index contributed by atoms with van der Waals surface area (Å²) in [5, 5.41) is 3.73. The van der Waals surface area contributed by atoms with E-state index >= 15 is 0 Å². The smallest absolute Gasteiger partial charge is 0.224 e. The second-order valence-electron chi connectivity index (χ2n) is 5.51. The lowest BCUT2D eigenvalue weighted by atomic mass is 9.99. The van der Waals surface area contributed by atoms with Gasteiger partial charge in [0, 0.05) is 47.4 Å². The van der Waals surface area contributed by atoms with E-state index in [0.29, 0.717) is 24.4 Å². The maximum absolute atomic E-state index is 11.9. The Bertz CT molecular complexity index is 335. The zero-order chi connectivity index (χ0) is 13.1. The van der Waals surface area contributed by atoms with Crippen molar-refractivity contribution in [1.82, 2.24) is 10.2 Å². The van der Waals surface area contributed by atoms with Gasteiger partial charge in [0.1, 0.15) is 0 Å². The topological polar surface area (TPSA) is 49.4 Å². The van der Waals surface area contributed by atoms with Gasteiger partial charge in [0.05, 0.1) is 0 Å². The Morgan fingerprint density at radius 1 is 1.50 bits per heavy atom. The fourth-order valence-corrected chi connectivity index (χ4v) is 3.42. The van der Waals surface area contributed by atoms with E-state index in [-0.39, 0.29) is 5.25 Å². The van der Waals surface area contributed by atoms with Gasteiger partial charge in [-0.2, -0.15) is 0 Å². The number of piperidine rings is 1. The van der Waals surface area contributed by atoms with E-state index in [9.17, 15) is 9.00 Å². The highest BCUT2D eigenvalue weighted by atomic mass is 32.2. The summed E-state index contributed by atoms with van der Waals surface area (Å²) in [7, 11) is -0.746. The van der Waals surface area contributed by atoms with Crippen molar-refractivity contribution in [2.75, 3.05) is 19.3 Å². The predicted octanol–water partition coefficient (Wildman–Crippen LogP) is 0.887. The maximum Gasteiger partial charge on any atom is 0.224 e. The Morgan fingerprint density at radius 2 is 2.28 bits per heavy atom. The predicted molar refractivity (Wildman–Crippen MR) is 73.9 cm³/mol. The number of amides is 1. The van der Waals surface area contributed by atoms with E-state index in [4.69, 9.17) is 0 Å². The molecule has 2 heterocycles. The summed E-state index contributed by atoms with van der Waals surface area (Å²) in [4.78, 5) is 13.9. The van der Waals surface area contributed by atoms with Gasteiger partial charge in [-0.25, -0.2) is 0 Å². The molecule has 0 aromatic rings. The highest BCUT2D eigenvalue weighted by molar-refractivity contribution is 7.84. The lowest BCUT2D eigenvalue weighted by Crippen LogP contribution is -2.46. The molecule has 18 heavy (non-hydrogen) atoms. The van der Waals surface area contributed by atoms with Gasteiger partial charge >= 0.3 is 0 Å². The number of carbonyl (C=O) groups excluding carboxylic acids is 1. The van der Waals surface area contributed by atoms with Crippen molar-refractivity contribution < 1.29 is 9.00 Å². The Labute approximate surface area is 112 Å². The molecule has 0 aromatic carbocycles. The lowest BCUT2D eigenvalue weighted by molar-refractivity contribution is -0.129. The molecular formula is C13H24N2O2S. The van der Waals surface area contributed by atoms with E-state index in [2.05, 4.69) is 10.2 Å². The average Bonchev–Trinajstić information content (AvgIpc) is 2.67. The molecule has 0 bridgehead atoms. The molecule has 1 amide bonds. The Balaban J connectivity index is 1.79. The SMILES string of the molecule is CC(CCNC1CC(=O)N2CCCCC12)S(C)=O. The van der Waals surface area contributed by atoms with Crippen molar-refractivity contribution in [1.29, 1.82) is 0 Å². The average molecular weight is 272 g/mol. The number of nitrogens with zero attached hydrogens (tertiary/aromatic N) is 1. The van der Waals surface area contributed by atoms with Crippen LogP contribution in [0.5, 0.6) is 0 Å². The maximum atomic E-state index is 11.9. The van der Waals surface area contributed by atoms with Crippen molar-refractivity contribution >= 4 is 16.7 Å². The summed E-state index contributed by atoms with van der Waals surface area (Å²) in [6.45, 7) is 3.82. The minimum Gasteiger partial charge on any atom is -0.338 e. The van der Waals surface area contributed by atoms with Crippen molar-refractivity contribution in [2.45, 2.75) is 56.4 Å². The molecule has 4 atom stereocenters. The van der Waals surface area contributed by atoms with Crippen LogP contribution in [-0.2, 0) is 15.6 Å². The van der Waals surface area contributed by atoms with Gasteiger partial charge in [-0.15, -0.1) is 0 Å². The van der Waals surface area contributed by atoms with Crippen molar-refractivity contribution in [3.05, 3.63) is 0 Å². The van der Waals surface area contributed by atoms with Crippen LogP contribution < -0.4 is 5.32 Å². The van der Waals surface area contributed by atoms with E-state index in [1.807, 2.05) is 6.92 Å². The lowest BCUT2D eigenvalue weighted by Gasteiger charge is -2.32. The van der Waals surface area contributed by atoms with Gasteiger partial charge in [0.2, 0.25) is 5.91 Å². The second kappa shape index (κ2) is 6.15. The molecule has 104 valence electrons. The molecule has 0 saturated carbocycles. The minimum atomic E-state index is -0.746. The van der Waals surface area contributed by atoms with E-state index in [1.165, 1.54) is 6.42 Å². The first-order valence-corrected chi connectivity index (χ1v) is 8.57. The zero-order valence-corrected chi connectivity index (χ0v) is 12.2. The van der Waals surface area contributed by atoms with Crippen LogP contribution in [0, 0.1) is 0 Å². The highest BCUT2D eigenvalue weighted by Gasteiger charge is 2.40. The summed E-state index contributed by atoms with van der Waals surface area (Å²) in [5.74, 6) is 0.310. The number of nitrogens with one attached hydrogen (secondary N) is 1. The number of carbonyl (C=O) groups is 1. The molecule has 4 unspecified atom stereocenters. The van der Waals surface area contributed by atoms with Crippen LogP contribution in [0.3, 0.4) is 0 Å². The molecule has 1 N–H and O–H groups in total. The van der Waals surface area contributed by atoms with Gasteiger partial charge in [-0.05, 0) is 32.2 Å². The third kappa shape index (κ3) is 3.12. The quantitative estimate of drug-likeness (QED) is 0.808. The molecule has 0 aliphatic carbocycles. The largest absolute Gasteiger partial charge is 0.338 e. The molecule has 4 nitrogen and oxygen atoms in total. The Morgan fingerprint density at radius 3 is 3.00 bits per heavy atom. The molecule has 2 rings (SSSR count). The standard InChI is InChI=1S/C13H24N2O2S/c1-10(18(2)17)6-7-14-11-9-13(16)15-8-4-3-5-12(11)15/h10-12,14H,3-9H2,1-2H3. The van der Waals surface area contributed by atoms with Gasteiger partial charge in [-0.3, -0.25) is 9.00 Å². The number of rotatable bonds is 5. The first kappa shape index (κ1) is 14.0. The fraction of sp³-hybridized carbons (Fsp3) is 0.923. The molecule has 2 aliphatic heterocycles. The van der Waals surface area contributed by atoms with Crippen molar-refractivity contribution in [2.24, 2.45) is 0 Å². The molecule has 2 aliphatic rings. The van der Waals surface area contributed by atoms with E-state index < -0.39 is 10.8 Å². The van der Waals surface area contributed by atoms with Gasteiger partial charge < -0.3 is 10.2 Å². The van der Waals surface area contributed by atoms with E-state index in [0.717, 1.165) is 32.4 Å². The minimum absolute atomic E-state index is 0.233. The normalized spacial score (nSPS) is 31.2. The van der Waals surface area contributed by atoms with Crippen LogP contribution in [0.1, 0.15) is 39.0 Å². The monoisotopic (exact) mass is 272 g/mol. The third-order valence-electron chi connectivity index (χ3n) is 4.25. The third-order valence-corrected chi connectivity index (χ3v) is 5.62. The summed E-state index contributed by atoms with van der Waals surface area (Å²) in [6, 6.07) is 0.726. The molecule has 0 aromatic heterocycles. The first-order valence-electron chi connectivity index (χ1n) is 6.94. The summed E-state index contributed by atoms with van der Waals surface area (Å²) in [5.41, 5.74) is 0. The Kier molecular flexibility index (Phi) is 4.78. The molecular weight excluding hydrogens is 248 g/mol. The van der Waals surface area contributed by atoms with Gasteiger partial charge in [-0.1, -0.05) is 6.92 Å². The van der Waals surface area contributed by atoms with Crippen molar-refractivity contribution in [3.8, 4) is 0 Å². The number of hydrogen-bond acceptors (Lipinski definition) is 3. The van der Waals surface area contributed by atoms with Crippen molar-refractivity contribution in [3.63, 3.8) is 0 Å². The zero-order valence-electron chi connectivity index (χ0n) is 11.4.